The van der Waals surface area contributed by atoms with Crippen LogP contribution in [0.25, 0.3) is 6.08 Å². The van der Waals surface area contributed by atoms with Gasteiger partial charge in [0.15, 0.2) is 0 Å². The molecule has 0 aliphatic carbocycles. The van der Waals surface area contributed by atoms with Crippen LogP contribution in [-0.2, 0) is 16.1 Å². The Morgan fingerprint density at radius 2 is 2.10 bits per heavy atom. The van der Waals surface area contributed by atoms with Crippen molar-refractivity contribution in [2.45, 2.75) is 52.3 Å². The second kappa shape index (κ2) is 9.34. The van der Waals surface area contributed by atoms with Crippen molar-refractivity contribution in [2.75, 3.05) is 18.0 Å². The summed E-state index contributed by atoms with van der Waals surface area (Å²) < 4.78 is 11.3. The van der Waals surface area contributed by atoms with E-state index in [1.807, 2.05) is 39.8 Å². The van der Waals surface area contributed by atoms with Crippen LogP contribution in [0.2, 0.25) is 0 Å². The summed E-state index contributed by atoms with van der Waals surface area (Å²) in [5.74, 6) is 1.22. The number of rotatable bonds is 6. The van der Waals surface area contributed by atoms with Crippen molar-refractivity contribution in [3.05, 3.63) is 53.6 Å². The SMILES string of the molecule is Cc1ccc(CN2CC[C@@H](N(C(=O)OC(C)(C)C)c3ccc(C=CC(=O)O)cn3)C2)o1. The third-order valence-corrected chi connectivity index (χ3v) is 4.81. The number of aryl methyl sites for hydroxylation is 1. The first-order valence-electron chi connectivity index (χ1n) is 10.3. The minimum Gasteiger partial charge on any atom is -0.478 e. The molecule has 0 unspecified atom stereocenters. The number of carboxylic acids is 1. The van der Waals surface area contributed by atoms with Crippen molar-refractivity contribution in [3.8, 4) is 0 Å². The number of amides is 1. The molecule has 0 spiro atoms. The van der Waals surface area contributed by atoms with Crippen molar-refractivity contribution in [1.82, 2.24) is 9.88 Å². The van der Waals surface area contributed by atoms with Gasteiger partial charge < -0.3 is 14.3 Å². The van der Waals surface area contributed by atoms with Crippen molar-refractivity contribution in [3.63, 3.8) is 0 Å². The van der Waals surface area contributed by atoms with Crippen LogP contribution in [-0.4, -0.2) is 51.8 Å². The summed E-state index contributed by atoms with van der Waals surface area (Å²) in [7, 11) is 0. The monoisotopic (exact) mass is 427 g/mol. The number of aromatic nitrogens is 1. The van der Waals surface area contributed by atoms with E-state index in [9.17, 15) is 9.59 Å². The molecule has 0 aromatic carbocycles. The number of carbonyl (C=O) groups is 2. The maximum absolute atomic E-state index is 13.0. The average molecular weight is 428 g/mol. The number of pyridine rings is 1. The quantitative estimate of drug-likeness (QED) is 0.694. The van der Waals surface area contributed by atoms with E-state index in [1.165, 1.54) is 6.08 Å². The third-order valence-electron chi connectivity index (χ3n) is 4.81. The molecule has 3 heterocycles. The Bertz CT molecular complexity index is 943. The molecule has 0 saturated carbocycles. The Labute approximate surface area is 182 Å². The van der Waals surface area contributed by atoms with Gasteiger partial charge >= 0.3 is 12.1 Å². The number of aliphatic carboxylic acids is 1. The number of nitrogens with zero attached hydrogens (tertiary/aromatic N) is 3. The van der Waals surface area contributed by atoms with Gasteiger partial charge in [-0.15, -0.1) is 0 Å². The smallest absolute Gasteiger partial charge is 0.416 e. The molecule has 0 radical (unpaired) electrons. The molecule has 1 aliphatic heterocycles. The van der Waals surface area contributed by atoms with Gasteiger partial charge in [-0.05, 0) is 70.0 Å². The first-order valence-corrected chi connectivity index (χ1v) is 10.3. The highest BCUT2D eigenvalue weighted by molar-refractivity contribution is 5.88. The Morgan fingerprint density at radius 3 is 2.68 bits per heavy atom. The molecule has 8 heteroatoms. The number of furan rings is 1. The van der Waals surface area contributed by atoms with Crippen LogP contribution < -0.4 is 4.90 Å². The standard InChI is InChI=1S/C23H29N3O5/c1-16-5-8-19(30-16)15-25-12-11-18(14-25)26(22(29)31-23(2,3)4)20-9-6-17(13-24-20)7-10-21(27)28/h5-10,13,18H,11-12,14-15H2,1-4H3,(H,27,28)/t18-/m1/s1. The predicted octanol–water partition coefficient (Wildman–Crippen LogP) is 4.10. The largest absolute Gasteiger partial charge is 0.478 e. The molecule has 2 aromatic rings. The highest BCUT2D eigenvalue weighted by atomic mass is 16.6. The molecular formula is C23H29N3O5. The summed E-state index contributed by atoms with van der Waals surface area (Å²) in [4.78, 5) is 32.0. The number of likely N-dealkylation sites (tertiary alicyclic amines) is 1. The number of ether oxygens (including phenoxy) is 1. The first kappa shape index (κ1) is 22.6. The fourth-order valence-electron chi connectivity index (χ4n) is 3.50. The topological polar surface area (TPSA) is 96.1 Å². The van der Waals surface area contributed by atoms with E-state index < -0.39 is 17.7 Å². The number of hydrogen-bond acceptors (Lipinski definition) is 6. The van der Waals surface area contributed by atoms with Gasteiger partial charge in [0, 0.05) is 25.4 Å². The van der Waals surface area contributed by atoms with Crippen molar-refractivity contribution >= 4 is 24.0 Å². The number of hydrogen-bond donors (Lipinski definition) is 1. The van der Waals surface area contributed by atoms with E-state index in [4.69, 9.17) is 14.3 Å². The van der Waals surface area contributed by atoms with E-state index in [1.54, 1.807) is 23.2 Å². The van der Waals surface area contributed by atoms with E-state index in [0.29, 0.717) is 24.5 Å². The molecule has 0 bridgehead atoms. The van der Waals surface area contributed by atoms with Crippen LogP contribution in [0.1, 0.15) is 44.3 Å². The van der Waals surface area contributed by atoms with E-state index in [-0.39, 0.29) is 6.04 Å². The molecule has 1 fully saturated rings. The predicted molar refractivity (Wildman–Crippen MR) is 117 cm³/mol. The lowest BCUT2D eigenvalue weighted by Gasteiger charge is -2.31. The molecule has 1 saturated heterocycles. The fraction of sp³-hybridized carbons (Fsp3) is 0.435. The summed E-state index contributed by atoms with van der Waals surface area (Å²) in [6.07, 6.45) is 4.38. The molecule has 1 amide bonds. The normalized spacial score (nSPS) is 17.2. The first-order chi connectivity index (χ1) is 14.6. The lowest BCUT2D eigenvalue weighted by Crippen LogP contribution is -2.45. The lowest BCUT2D eigenvalue weighted by molar-refractivity contribution is -0.131. The summed E-state index contributed by atoms with van der Waals surface area (Å²) in [5.41, 5.74) is 0.000242. The summed E-state index contributed by atoms with van der Waals surface area (Å²) in [6, 6.07) is 7.26. The van der Waals surface area contributed by atoms with Gasteiger partial charge in [0.1, 0.15) is 22.9 Å². The summed E-state index contributed by atoms with van der Waals surface area (Å²) in [6.45, 7) is 9.58. The molecule has 31 heavy (non-hydrogen) atoms. The lowest BCUT2D eigenvalue weighted by atomic mass is 10.2. The molecule has 3 rings (SSSR count). The molecule has 2 aromatic heterocycles. The number of anilines is 1. The Balaban J connectivity index is 1.78. The highest BCUT2D eigenvalue weighted by Gasteiger charge is 2.35. The summed E-state index contributed by atoms with van der Waals surface area (Å²) >= 11 is 0. The van der Waals surface area contributed by atoms with Gasteiger partial charge in [-0.25, -0.2) is 14.6 Å². The fourth-order valence-corrected chi connectivity index (χ4v) is 3.50. The van der Waals surface area contributed by atoms with Crippen molar-refractivity contribution < 1.29 is 23.8 Å². The Hall–Kier alpha value is -3.13. The minimum absolute atomic E-state index is 0.0983. The second-order valence-electron chi connectivity index (χ2n) is 8.66. The average Bonchev–Trinajstić information content (AvgIpc) is 3.29. The number of carbonyl (C=O) groups excluding carboxylic acids is 1. The third kappa shape index (κ3) is 6.42. The second-order valence-corrected chi connectivity index (χ2v) is 8.66. The molecular weight excluding hydrogens is 398 g/mol. The van der Waals surface area contributed by atoms with E-state index in [0.717, 1.165) is 30.6 Å². The Kier molecular flexibility index (Phi) is 6.80. The van der Waals surface area contributed by atoms with E-state index in [2.05, 4.69) is 9.88 Å². The van der Waals surface area contributed by atoms with Crippen LogP contribution in [0.15, 0.2) is 41.0 Å². The summed E-state index contributed by atoms with van der Waals surface area (Å²) in [5, 5.41) is 8.79. The number of carboxylic acid groups (broad SMARTS) is 1. The van der Waals surface area contributed by atoms with Crippen molar-refractivity contribution in [2.24, 2.45) is 0 Å². The van der Waals surface area contributed by atoms with Gasteiger partial charge in [0.2, 0.25) is 0 Å². The zero-order chi connectivity index (χ0) is 22.6. The van der Waals surface area contributed by atoms with Gasteiger partial charge in [-0.2, -0.15) is 0 Å². The molecule has 1 N–H and O–H groups in total. The van der Waals surface area contributed by atoms with Crippen LogP contribution in [0.4, 0.5) is 10.6 Å². The van der Waals surface area contributed by atoms with Crippen LogP contribution in [0.5, 0.6) is 0 Å². The van der Waals surface area contributed by atoms with E-state index >= 15 is 0 Å². The molecule has 1 atom stereocenters. The van der Waals surface area contributed by atoms with Gasteiger partial charge in [-0.1, -0.05) is 0 Å². The van der Waals surface area contributed by atoms with Crippen LogP contribution in [0.3, 0.4) is 0 Å². The van der Waals surface area contributed by atoms with Gasteiger partial charge in [0.25, 0.3) is 0 Å². The van der Waals surface area contributed by atoms with Crippen LogP contribution in [0, 0.1) is 6.92 Å². The molecule has 8 nitrogen and oxygen atoms in total. The maximum atomic E-state index is 13.0. The Morgan fingerprint density at radius 1 is 1.32 bits per heavy atom. The maximum Gasteiger partial charge on any atom is 0.416 e. The van der Waals surface area contributed by atoms with Crippen LogP contribution >= 0.6 is 0 Å². The van der Waals surface area contributed by atoms with Gasteiger partial charge in [0.05, 0.1) is 12.6 Å². The van der Waals surface area contributed by atoms with Gasteiger partial charge in [-0.3, -0.25) is 9.80 Å². The zero-order valence-corrected chi connectivity index (χ0v) is 18.4. The molecule has 1 aliphatic rings. The zero-order valence-electron chi connectivity index (χ0n) is 18.4. The highest BCUT2D eigenvalue weighted by Crippen LogP contribution is 2.26. The van der Waals surface area contributed by atoms with Crippen molar-refractivity contribution in [1.29, 1.82) is 0 Å². The molecule has 166 valence electrons. The minimum atomic E-state index is -1.03.